The number of non-ortho nitro benzene ring substituents is 1. The number of hydrogen-bond donors (Lipinski definition) is 0. The van der Waals surface area contributed by atoms with Crippen molar-refractivity contribution in [3.63, 3.8) is 0 Å². The third-order valence-electron chi connectivity index (χ3n) is 3.90. The van der Waals surface area contributed by atoms with Gasteiger partial charge in [-0.3, -0.25) is 10.1 Å². The Balaban J connectivity index is 1.99. The van der Waals surface area contributed by atoms with Crippen LogP contribution in [-0.4, -0.2) is 9.91 Å². The minimum atomic E-state index is -0.447. The zero-order valence-electron chi connectivity index (χ0n) is 14.3. The van der Waals surface area contributed by atoms with Crippen LogP contribution in [-0.2, 0) is 6.42 Å². The average Bonchev–Trinajstić information content (AvgIpc) is 3.11. The summed E-state index contributed by atoms with van der Waals surface area (Å²) in [5, 5.41) is 21.0. The van der Waals surface area contributed by atoms with Crippen molar-refractivity contribution in [2.75, 3.05) is 0 Å². The Morgan fingerprint density at radius 2 is 1.93 bits per heavy atom. The molecule has 0 aliphatic heterocycles. The molecule has 27 heavy (non-hydrogen) atoms. The summed E-state index contributed by atoms with van der Waals surface area (Å²) >= 11 is 4.93. The molecule has 3 rings (SSSR count). The van der Waals surface area contributed by atoms with E-state index in [4.69, 9.17) is 4.98 Å². The molecule has 0 aliphatic rings. The van der Waals surface area contributed by atoms with Crippen LogP contribution < -0.4 is 0 Å². The Labute approximate surface area is 168 Å². The highest BCUT2D eigenvalue weighted by Gasteiger charge is 2.15. The van der Waals surface area contributed by atoms with Gasteiger partial charge in [0.05, 0.1) is 16.2 Å². The second-order valence-electron chi connectivity index (χ2n) is 5.67. The van der Waals surface area contributed by atoms with Crippen molar-refractivity contribution in [2.45, 2.75) is 13.3 Å². The van der Waals surface area contributed by atoms with Gasteiger partial charge in [-0.05, 0) is 42.3 Å². The normalized spacial score (nSPS) is 11.2. The monoisotopic (exact) mass is 439 g/mol. The molecule has 0 bridgehead atoms. The van der Waals surface area contributed by atoms with Gasteiger partial charge in [-0.1, -0.05) is 35.0 Å². The van der Waals surface area contributed by atoms with Crippen molar-refractivity contribution in [1.82, 2.24) is 4.98 Å². The Morgan fingerprint density at radius 3 is 2.48 bits per heavy atom. The van der Waals surface area contributed by atoms with Crippen molar-refractivity contribution < 1.29 is 4.92 Å². The van der Waals surface area contributed by atoms with Crippen LogP contribution in [0.1, 0.15) is 22.4 Å². The number of nitro groups is 1. The van der Waals surface area contributed by atoms with E-state index in [9.17, 15) is 15.4 Å². The molecule has 1 aromatic heterocycles. The summed E-state index contributed by atoms with van der Waals surface area (Å²) in [5.41, 5.74) is 3.06. The van der Waals surface area contributed by atoms with Gasteiger partial charge in [0.2, 0.25) is 0 Å². The number of hydrogen-bond acceptors (Lipinski definition) is 5. The summed E-state index contributed by atoms with van der Waals surface area (Å²) in [4.78, 5) is 16.1. The lowest BCUT2D eigenvalue weighted by Crippen LogP contribution is -1.87. The number of benzene rings is 2. The van der Waals surface area contributed by atoms with Crippen LogP contribution in [0.4, 0.5) is 5.69 Å². The molecule has 0 N–H and O–H groups in total. The van der Waals surface area contributed by atoms with Gasteiger partial charge in [0.25, 0.3) is 5.69 Å². The molecule has 2 aromatic carbocycles. The number of nitriles is 1. The van der Waals surface area contributed by atoms with E-state index in [1.807, 2.05) is 24.3 Å². The summed E-state index contributed by atoms with van der Waals surface area (Å²) < 4.78 is 0.996. The van der Waals surface area contributed by atoms with Crippen molar-refractivity contribution in [3.05, 3.63) is 78.6 Å². The summed E-state index contributed by atoms with van der Waals surface area (Å²) in [7, 11) is 0. The summed E-state index contributed by atoms with van der Waals surface area (Å²) in [6, 6.07) is 16.2. The van der Waals surface area contributed by atoms with Gasteiger partial charge >= 0.3 is 0 Å². The lowest BCUT2D eigenvalue weighted by molar-refractivity contribution is -0.384. The summed E-state index contributed by atoms with van der Waals surface area (Å²) in [6.07, 6.45) is 2.52. The first-order chi connectivity index (χ1) is 13.0. The van der Waals surface area contributed by atoms with Gasteiger partial charge in [-0.15, -0.1) is 11.3 Å². The van der Waals surface area contributed by atoms with Crippen molar-refractivity contribution in [3.8, 4) is 17.3 Å². The third kappa shape index (κ3) is 4.30. The largest absolute Gasteiger partial charge is 0.269 e. The molecule has 0 saturated heterocycles. The fourth-order valence-corrected chi connectivity index (χ4v) is 3.79. The maximum Gasteiger partial charge on any atom is 0.269 e. The first kappa shape index (κ1) is 19.0. The highest BCUT2D eigenvalue weighted by atomic mass is 79.9. The Kier molecular flexibility index (Phi) is 5.79. The Hall–Kier alpha value is -2.82. The van der Waals surface area contributed by atoms with Gasteiger partial charge in [0.15, 0.2) is 0 Å². The van der Waals surface area contributed by atoms with Gasteiger partial charge in [-0.2, -0.15) is 5.26 Å². The molecule has 0 radical (unpaired) electrons. The summed E-state index contributed by atoms with van der Waals surface area (Å²) in [5.74, 6) is 0. The fourth-order valence-electron chi connectivity index (χ4n) is 2.54. The zero-order chi connectivity index (χ0) is 19.4. The van der Waals surface area contributed by atoms with Crippen LogP contribution in [0, 0.1) is 21.4 Å². The van der Waals surface area contributed by atoms with Crippen molar-refractivity contribution in [1.29, 1.82) is 5.26 Å². The molecular formula is C20H14BrN3O2S. The second-order valence-corrected chi connectivity index (χ2v) is 7.67. The lowest BCUT2D eigenvalue weighted by Gasteiger charge is -2.00. The number of nitrogens with zero attached hydrogens (tertiary/aromatic N) is 3. The van der Waals surface area contributed by atoms with Crippen molar-refractivity contribution in [2.24, 2.45) is 0 Å². The fraction of sp³-hybridized carbons (Fsp3) is 0.100. The van der Waals surface area contributed by atoms with Crippen LogP contribution >= 0.6 is 27.3 Å². The second kappa shape index (κ2) is 8.25. The number of aryl methyl sites for hydroxylation is 1. The van der Waals surface area contributed by atoms with Gasteiger partial charge < -0.3 is 0 Å². The molecule has 5 nitrogen and oxygen atoms in total. The molecule has 0 unspecified atom stereocenters. The van der Waals surface area contributed by atoms with Crippen LogP contribution in [0.2, 0.25) is 0 Å². The third-order valence-corrected chi connectivity index (χ3v) is 5.66. The highest BCUT2D eigenvalue weighted by molar-refractivity contribution is 9.10. The summed E-state index contributed by atoms with van der Waals surface area (Å²) in [6.45, 7) is 2.06. The van der Waals surface area contributed by atoms with E-state index in [1.165, 1.54) is 23.5 Å². The molecule has 134 valence electrons. The molecule has 3 aromatic rings. The number of allylic oxidation sites excluding steroid dienone is 1. The maximum atomic E-state index is 10.8. The quantitative estimate of drug-likeness (QED) is 0.273. The maximum absolute atomic E-state index is 10.8. The number of rotatable bonds is 5. The Morgan fingerprint density at radius 1 is 1.26 bits per heavy atom. The number of thiazole rings is 1. The van der Waals surface area contributed by atoms with Crippen LogP contribution in [0.5, 0.6) is 0 Å². The molecule has 0 fully saturated rings. The predicted octanol–water partition coefficient (Wildman–Crippen LogP) is 6.11. The SMILES string of the molecule is CCc1sc(/C(C#N)=C/c2ccc([N+](=O)[O-])cc2)nc1-c1ccc(Br)cc1. The van der Waals surface area contributed by atoms with E-state index < -0.39 is 4.92 Å². The van der Waals surface area contributed by atoms with E-state index in [1.54, 1.807) is 18.2 Å². The highest BCUT2D eigenvalue weighted by Crippen LogP contribution is 2.33. The van der Waals surface area contributed by atoms with E-state index >= 15 is 0 Å². The Bertz CT molecular complexity index is 1050. The van der Waals surface area contributed by atoms with Crippen LogP contribution in [0.15, 0.2) is 53.0 Å². The smallest absolute Gasteiger partial charge is 0.258 e. The molecule has 0 amide bonds. The first-order valence-electron chi connectivity index (χ1n) is 8.14. The predicted molar refractivity (Wildman–Crippen MR) is 111 cm³/mol. The number of aromatic nitrogens is 1. The van der Waals surface area contributed by atoms with E-state index in [0.29, 0.717) is 10.6 Å². The molecule has 0 aliphatic carbocycles. The molecule has 0 saturated carbocycles. The van der Waals surface area contributed by atoms with E-state index in [0.717, 1.165) is 32.6 Å². The van der Waals surface area contributed by atoms with Crippen LogP contribution in [0.25, 0.3) is 22.9 Å². The standard InChI is InChI=1S/C20H14BrN3O2S/c1-2-18-19(14-5-7-16(21)8-6-14)23-20(27-18)15(12-22)11-13-3-9-17(10-4-13)24(25)26/h3-11H,2H2,1H3/b15-11+. The molecule has 1 heterocycles. The topological polar surface area (TPSA) is 79.8 Å². The molecule has 0 spiro atoms. The molecule has 7 heteroatoms. The van der Waals surface area contributed by atoms with Crippen molar-refractivity contribution >= 4 is 44.6 Å². The van der Waals surface area contributed by atoms with Gasteiger partial charge in [0, 0.05) is 27.0 Å². The average molecular weight is 440 g/mol. The van der Waals surface area contributed by atoms with E-state index in [-0.39, 0.29) is 5.69 Å². The van der Waals surface area contributed by atoms with Crippen LogP contribution in [0.3, 0.4) is 0 Å². The lowest BCUT2D eigenvalue weighted by atomic mass is 10.1. The first-order valence-corrected chi connectivity index (χ1v) is 9.75. The molecule has 0 atom stereocenters. The minimum absolute atomic E-state index is 0.0192. The number of halogens is 1. The number of nitro benzene ring substituents is 1. The van der Waals surface area contributed by atoms with Gasteiger partial charge in [0.1, 0.15) is 11.1 Å². The van der Waals surface area contributed by atoms with Gasteiger partial charge in [-0.25, -0.2) is 4.98 Å². The minimum Gasteiger partial charge on any atom is -0.258 e. The van der Waals surface area contributed by atoms with E-state index in [2.05, 4.69) is 28.9 Å². The molecular weight excluding hydrogens is 426 g/mol. The zero-order valence-corrected chi connectivity index (χ0v) is 16.8.